The van der Waals surface area contributed by atoms with Crippen molar-refractivity contribution in [2.24, 2.45) is 4.40 Å². The van der Waals surface area contributed by atoms with Gasteiger partial charge in [-0.15, -0.1) is 0 Å². The third kappa shape index (κ3) is 3.68. The molecular formula is C11H13ClFNOS. The van der Waals surface area contributed by atoms with Crippen molar-refractivity contribution in [3.8, 4) is 0 Å². The lowest BCUT2D eigenvalue weighted by atomic mass is 10.2. The maximum atomic E-state index is 13.3. The second-order valence-electron chi connectivity index (χ2n) is 4.26. The summed E-state index contributed by atoms with van der Waals surface area (Å²) in [7, 11) is -1.38. The van der Waals surface area contributed by atoms with E-state index in [0.29, 0.717) is 5.02 Å². The van der Waals surface area contributed by atoms with E-state index in [1.807, 2.05) is 0 Å². The summed E-state index contributed by atoms with van der Waals surface area (Å²) < 4.78 is 28.3. The largest absolute Gasteiger partial charge is 0.234 e. The Morgan fingerprint density at radius 1 is 1.44 bits per heavy atom. The molecule has 0 N–H and O–H groups in total. The minimum atomic E-state index is -1.38. The molecule has 0 unspecified atom stereocenters. The zero-order chi connectivity index (χ0) is 12.3. The van der Waals surface area contributed by atoms with Crippen molar-refractivity contribution in [1.82, 2.24) is 0 Å². The number of hydrogen-bond acceptors (Lipinski definition) is 1. The van der Waals surface area contributed by atoms with E-state index in [1.165, 1.54) is 18.3 Å². The van der Waals surface area contributed by atoms with Crippen molar-refractivity contribution in [3.05, 3.63) is 34.6 Å². The molecule has 0 aliphatic carbocycles. The predicted molar refractivity (Wildman–Crippen MR) is 66.9 cm³/mol. The summed E-state index contributed by atoms with van der Waals surface area (Å²) in [6.07, 6.45) is 1.27. The third-order valence-corrected chi connectivity index (χ3v) is 3.35. The summed E-state index contributed by atoms with van der Waals surface area (Å²) >= 11 is 5.61. The van der Waals surface area contributed by atoms with Crippen LogP contribution in [0.4, 0.5) is 4.39 Å². The molecule has 88 valence electrons. The van der Waals surface area contributed by atoms with Crippen LogP contribution < -0.4 is 0 Å². The average Bonchev–Trinajstić information content (AvgIpc) is 2.14. The molecule has 1 atom stereocenters. The van der Waals surface area contributed by atoms with Crippen LogP contribution in [-0.2, 0) is 11.0 Å². The second-order valence-corrected chi connectivity index (χ2v) is 6.63. The zero-order valence-corrected chi connectivity index (χ0v) is 10.9. The van der Waals surface area contributed by atoms with Gasteiger partial charge in [0.25, 0.3) is 0 Å². The lowest BCUT2D eigenvalue weighted by Crippen LogP contribution is -2.19. The van der Waals surface area contributed by atoms with E-state index in [4.69, 9.17) is 11.6 Å². The summed E-state index contributed by atoms with van der Waals surface area (Å²) in [5.41, 5.74) is 0.280. The summed E-state index contributed by atoms with van der Waals surface area (Å²) in [4.78, 5) is 0. The Hall–Kier alpha value is -0.740. The maximum absolute atomic E-state index is 13.3. The quantitative estimate of drug-likeness (QED) is 0.751. The number of nitrogens with zero attached hydrogens (tertiary/aromatic N) is 1. The van der Waals surface area contributed by atoms with Gasteiger partial charge in [0.1, 0.15) is 16.8 Å². The first-order valence-corrected chi connectivity index (χ1v) is 6.20. The Balaban J connectivity index is 2.89. The van der Waals surface area contributed by atoms with Crippen LogP contribution in [0.2, 0.25) is 5.02 Å². The van der Waals surface area contributed by atoms with Crippen LogP contribution >= 0.6 is 11.6 Å². The van der Waals surface area contributed by atoms with E-state index < -0.39 is 21.5 Å². The molecule has 0 saturated heterocycles. The Morgan fingerprint density at radius 3 is 2.56 bits per heavy atom. The highest BCUT2D eigenvalue weighted by Crippen LogP contribution is 2.15. The second kappa shape index (κ2) is 5.06. The molecule has 0 radical (unpaired) electrons. The molecule has 2 nitrogen and oxygen atoms in total. The maximum Gasteiger partial charge on any atom is 0.144 e. The topological polar surface area (TPSA) is 29.4 Å². The van der Waals surface area contributed by atoms with Gasteiger partial charge in [0, 0.05) is 16.8 Å². The fourth-order valence-corrected chi connectivity index (χ4v) is 1.55. The normalized spacial score (nSPS) is 14.3. The molecule has 5 heteroatoms. The number of halogens is 2. The van der Waals surface area contributed by atoms with E-state index in [-0.39, 0.29) is 5.56 Å². The van der Waals surface area contributed by atoms with Gasteiger partial charge in [0.15, 0.2) is 0 Å². The van der Waals surface area contributed by atoms with E-state index in [2.05, 4.69) is 4.40 Å². The molecule has 0 saturated carbocycles. The van der Waals surface area contributed by atoms with Gasteiger partial charge in [-0.1, -0.05) is 11.6 Å². The van der Waals surface area contributed by atoms with Gasteiger partial charge >= 0.3 is 0 Å². The van der Waals surface area contributed by atoms with Crippen molar-refractivity contribution in [2.45, 2.75) is 25.5 Å². The van der Waals surface area contributed by atoms with Gasteiger partial charge in [0.2, 0.25) is 0 Å². The minimum absolute atomic E-state index is 0.280. The Morgan fingerprint density at radius 2 is 2.06 bits per heavy atom. The fourth-order valence-electron chi connectivity index (χ4n) is 0.869. The van der Waals surface area contributed by atoms with Crippen LogP contribution in [0, 0.1) is 5.82 Å². The molecule has 0 heterocycles. The molecule has 0 amide bonds. The van der Waals surface area contributed by atoms with Crippen molar-refractivity contribution < 1.29 is 8.60 Å². The monoisotopic (exact) mass is 261 g/mol. The minimum Gasteiger partial charge on any atom is -0.234 e. The van der Waals surface area contributed by atoms with Gasteiger partial charge in [-0.05, 0) is 39.0 Å². The van der Waals surface area contributed by atoms with Crippen LogP contribution in [0.3, 0.4) is 0 Å². The lowest BCUT2D eigenvalue weighted by Gasteiger charge is -2.12. The summed E-state index contributed by atoms with van der Waals surface area (Å²) in [6, 6.07) is 4.26. The molecule has 16 heavy (non-hydrogen) atoms. The predicted octanol–water partition coefficient (Wildman–Crippen LogP) is 3.36. The fraction of sp³-hybridized carbons (Fsp3) is 0.364. The molecule has 0 bridgehead atoms. The first kappa shape index (κ1) is 13.3. The molecular weight excluding hydrogens is 249 g/mol. The molecule has 0 fully saturated rings. The first-order valence-electron chi connectivity index (χ1n) is 4.72. The van der Waals surface area contributed by atoms with Crippen molar-refractivity contribution in [2.75, 3.05) is 0 Å². The van der Waals surface area contributed by atoms with Crippen molar-refractivity contribution >= 4 is 28.8 Å². The smallest absolute Gasteiger partial charge is 0.144 e. The summed E-state index contributed by atoms with van der Waals surface area (Å²) in [5, 5.41) is 0.326. The number of benzene rings is 1. The van der Waals surface area contributed by atoms with Crippen LogP contribution in [0.25, 0.3) is 0 Å². The summed E-state index contributed by atoms with van der Waals surface area (Å²) in [6.45, 7) is 5.41. The van der Waals surface area contributed by atoms with Gasteiger partial charge in [-0.2, -0.15) is 4.40 Å². The zero-order valence-electron chi connectivity index (χ0n) is 9.33. The van der Waals surface area contributed by atoms with Crippen LogP contribution in [0.15, 0.2) is 22.6 Å². The van der Waals surface area contributed by atoms with E-state index in [9.17, 15) is 8.60 Å². The van der Waals surface area contributed by atoms with Crippen LogP contribution in [0.1, 0.15) is 26.3 Å². The molecule has 1 aromatic carbocycles. The average molecular weight is 262 g/mol. The van der Waals surface area contributed by atoms with Gasteiger partial charge in [0.05, 0.1) is 4.75 Å². The summed E-state index contributed by atoms with van der Waals surface area (Å²) in [5.74, 6) is -0.470. The highest BCUT2D eigenvalue weighted by molar-refractivity contribution is 7.85. The third-order valence-electron chi connectivity index (χ3n) is 1.77. The standard InChI is InChI=1S/C11H13ClFNOS/c1-11(2,3)16(15)14-7-8-4-5-9(12)6-10(8)13/h4-7H,1-3H3/t16-/m0/s1. The molecule has 1 aromatic rings. The van der Waals surface area contributed by atoms with Gasteiger partial charge < -0.3 is 0 Å². The molecule has 0 spiro atoms. The van der Waals surface area contributed by atoms with E-state index >= 15 is 0 Å². The van der Waals surface area contributed by atoms with E-state index in [0.717, 1.165) is 0 Å². The van der Waals surface area contributed by atoms with Crippen molar-refractivity contribution in [3.63, 3.8) is 0 Å². The lowest BCUT2D eigenvalue weighted by molar-refractivity contribution is 0.626. The molecule has 0 aliphatic rings. The Labute approximate surface area is 102 Å². The SMILES string of the molecule is CC(C)(C)[S@](=O)N=Cc1ccc(Cl)cc1F. The first-order chi connectivity index (χ1) is 7.30. The molecule has 0 aromatic heterocycles. The Bertz CT molecular complexity index is 440. The number of rotatable bonds is 2. The van der Waals surface area contributed by atoms with Crippen LogP contribution in [-0.4, -0.2) is 15.2 Å². The molecule has 0 aliphatic heterocycles. The van der Waals surface area contributed by atoms with Crippen molar-refractivity contribution in [1.29, 1.82) is 0 Å². The van der Waals surface area contributed by atoms with Gasteiger partial charge in [-0.25, -0.2) is 8.60 Å². The highest BCUT2D eigenvalue weighted by atomic mass is 35.5. The van der Waals surface area contributed by atoms with Crippen LogP contribution in [0.5, 0.6) is 0 Å². The van der Waals surface area contributed by atoms with Gasteiger partial charge in [-0.3, -0.25) is 0 Å². The number of hydrogen-bond donors (Lipinski definition) is 0. The Kier molecular flexibility index (Phi) is 4.21. The molecule has 1 rings (SSSR count). The van der Waals surface area contributed by atoms with E-state index in [1.54, 1.807) is 26.8 Å². The highest BCUT2D eigenvalue weighted by Gasteiger charge is 2.18.